The maximum Gasteiger partial charge on any atom is 0.240 e. The fourth-order valence-electron chi connectivity index (χ4n) is 2.74. The van der Waals surface area contributed by atoms with Crippen molar-refractivity contribution in [3.8, 4) is 0 Å². The number of anilines is 1. The Morgan fingerprint density at radius 1 is 1.47 bits per heavy atom. The third-order valence-corrected chi connectivity index (χ3v) is 3.70. The highest BCUT2D eigenvalue weighted by Crippen LogP contribution is 2.28. The highest BCUT2D eigenvalue weighted by molar-refractivity contribution is 5.90. The highest BCUT2D eigenvalue weighted by Gasteiger charge is 2.30. The summed E-state index contributed by atoms with van der Waals surface area (Å²) in [5, 5.41) is 2.70. The van der Waals surface area contributed by atoms with E-state index in [1.165, 1.54) is 6.42 Å². The lowest BCUT2D eigenvalue weighted by Crippen LogP contribution is -2.42. The molecule has 19 heavy (non-hydrogen) atoms. The molecule has 0 aromatic carbocycles. The number of carbonyl (C=O) groups is 1. The molecule has 1 heterocycles. The van der Waals surface area contributed by atoms with Crippen molar-refractivity contribution in [2.45, 2.75) is 25.3 Å². The normalized spacial score (nSPS) is 22.7. The van der Waals surface area contributed by atoms with Gasteiger partial charge < -0.3 is 5.73 Å². The molecular formula is C13H21N5O. The molecule has 0 radical (unpaired) electrons. The Morgan fingerprint density at radius 3 is 2.89 bits per heavy atom. The van der Waals surface area contributed by atoms with Crippen LogP contribution in [0.5, 0.6) is 0 Å². The first-order chi connectivity index (χ1) is 9.20. The molecule has 0 aliphatic heterocycles. The van der Waals surface area contributed by atoms with Gasteiger partial charge in [0.05, 0.1) is 6.54 Å². The summed E-state index contributed by atoms with van der Waals surface area (Å²) in [6.45, 7) is 1.04. The lowest BCUT2D eigenvalue weighted by atomic mass is 10.0. The first-order valence-electron chi connectivity index (χ1n) is 6.68. The van der Waals surface area contributed by atoms with Crippen molar-refractivity contribution in [2.24, 2.45) is 11.7 Å². The topological polar surface area (TPSA) is 84.1 Å². The molecule has 1 aromatic heterocycles. The third-order valence-electron chi connectivity index (χ3n) is 3.70. The Balaban J connectivity index is 1.85. The van der Waals surface area contributed by atoms with E-state index >= 15 is 0 Å². The minimum Gasteiger partial charge on any atom is -0.330 e. The highest BCUT2D eigenvalue weighted by atomic mass is 16.2. The van der Waals surface area contributed by atoms with Crippen molar-refractivity contribution < 1.29 is 4.79 Å². The van der Waals surface area contributed by atoms with Gasteiger partial charge in [0.2, 0.25) is 11.9 Å². The SMILES string of the molecule is CN(CC(=O)Nc1ncccn1)C1CCCC1CN. The van der Waals surface area contributed by atoms with Gasteiger partial charge in [-0.15, -0.1) is 0 Å². The third kappa shape index (κ3) is 3.71. The van der Waals surface area contributed by atoms with Crippen LogP contribution < -0.4 is 11.1 Å². The van der Waals surface area contributed by atoms with Gasteiger partial charge in [-0.3, -0.25) is 15.0 Å². The molecule has 2 rings (SSSR count). The molecule has 6 nitrogen and oxygen atoms in total. The van der Waals surface area contributed by atoms with Gasteiger partial charge in [-0.25, -0.2) is 9.97 Å². The number of rotatable bonds is 5. The second-order valence-corrected chi connectivity index (χ2v) is 5.03. The molecule has 0 saturated heterocycles. The molecule has 3 N–H and O–H groups in total. The van der Waals surface area contributed by atoms with Gasteiger partial charge in [0.25, 0.3) is 0 Å². The van der Waals surface area contributed by atoms with Gasteiger partial charge in [0.15, 0.2) is 0 Å². The van der Waals surface area contributed by atoms with Crippen LogP contribution in [0.25, 0.3) is 0 Å². The van der Waals surface area contributed by atoms with Gasteiger partial charge in [-0.05, 0) is 38.4 Å². The van der Waals surface area contributed by atoms with E-state index in [2.05, 4.69) is 20.2 Å². The van der Waals surface area contributed by atoms with Crippen LogP contribution >= 0.6 is 0 Å². The van der Waals surface area contributed by atoms with E-state index in [9.17, 15) is 4.79 Å². The Morgan fingerprint density at radius 2 is 2.21 bits per heavy atom. The van der Waals surface area contributed by atoms with Gasteiger partial charge in [-0.2, -0.15) is 0 Å². The molecule has 104 valence electrons. The van der Waals surface area contributed by atoms with Gasteiger partial charge >= 0.3 is 0 Å². The van der Waals surface area contributed by atoms with Crippen LogP contribution in [-0.4, -0.2) is 47.0 Å². The van der Waals surface area contributed by atoms with Gasteiger partial charge in [0.1, 0.15) is 0 Å². The number of hydrogen-bond donors (Lipinski definition) is 2. The van der Waals surface area contributed by atoms with Crippen LogP contribution in [0.3, 0.4) is 0 Å². The first-order valence-corrected chi connectivity index (χ1v) is 6.68. The summed E-state index contributed by atoms with van der Waals surface area (Å²) >= 11 is 0. The van der Waals surface area contributed by atoms with E-state index in [1.54, 1.807) is 18.5 Å². The summed E-state index contributed by atoms with van der Waals surface area (Å²) < 4.78 is 0. The Hall–Kier alpha value is -1.53. The molecule has 1 amide bonds. The molecule has 1 aliphatic rings. The zero-order chi connectivity index (χ0) is 13.7. The monoisotopic (exact) mass is 263 g/mol. The van der Waals surface area contributed by atoms with Crippen LogP contribution in [0.2, 0.25) is 0 Å². The number of aromatic nitrogens is 2. The molecular weight excluding hydrogens is 242 g/mol. The Bertz CT molecular complexity index is 411. The summed E-state index contributed by atoms with van der Waals surface area (Å²) in [5.41, 5.74) is 5.77. The van der Waals surface area contributed by atoms with E-state index in [4.69, 9.17) is 5.73 Å². The zero-order valence-electron chi connectivity index (χ0n) is 11.2. The van der Waals surface area contributed by atoms with Crippen molar-refractivity contribution in [1.82, 2.24) is 14.9 Å². The Kier molecular flexibility index (Phi) is 4.81. The number of hydrogen-bond acceptors (Lipinski definition) is 5. The largest absolute Gasteiger partial charge is 0.330 e. The minimum absolute atomic E-state index is 0.0867. The maximum atomic E-state index is 11.9. The lowest BCUT2D eigenvalue weighted by Gasteiger charge is -2.28. The number of amides is 1. The van der Waals surface area contributed by atoms with Crippen molar-refractivity contribution >= 4 is 11.9 Å². The van der Waals surface area contributed by atoms with Crippen molar-refractivity contribution in [3.05, 3.63) is 18.5 Å². The number of nitrogens with zero attached hydrogens (tertiary/aromatic N) is 3. The molecule has 2 atom stereocenters. The molecule has 0 bridgehead atoms. The molecule has 2 unspecified atom stereocenters. The van der Waals surface area contributed by atoms with E-state index in [0.717, 1.165) is 12.8 Å². The summed E-state index contributed by atoms with van der Waals surface area (Å²) in [4.78, 5) is 21.9. The molecule has 1 aliphatic carbocycles. The summed E-state index contributed by atoms with van der Waals surface area (Å²) in [6.07, 6.45) is 6.68. The molecule has 1 aromatic rings. The van der Waals surface area contributed by atoms with Crippen LogP contribution in [-0.2, 0) is 4.79 Å². The minimum atomic E-state index is -0.0867. The van der Waals surface area contributed by atoms with E-state index in [0.29, 0.717) is 31.0 Å². The van der Waals surface area contributed by atoms with E-state index < -0.39 is 0 Å². The predicted molar refractivity (Wildman–Crippen MR) is 73.5 cm³/mol. The Labute approximate surface area is 113 Å². The number of likely N-dealkylation sites (N-methyl/N-ethyl adjacent to an activating group) is 1. The van der Waals surface area contributed by atoms with E-state index in [1.807, 2.05) is 7.05 Å². The van der Waals surface area contributed by atoms with Crippen molar-refractivity contribution in [3.63, 3.8) is 0 Å². The quantitative estimate of drug-likeness (QED) is 0.807. The fraction of sp³-hybridized carbons (Fsp3) is 0.615. The summed E-state index contributed by atoms with van der Waals surface area (Å²) in [6, 6.07) is 2.12. The molecule has 1 fully saturated rings. The second-order valence-electron chi connectivity index (χ2n) is 5.03. The van der Waals surface area contributed by atoms with Crippen LogP contribution in [0.1, 0.15) is 19.3 Å². The summed E-state index contributed by atoms with van der Waals surface area (Å²) in [7, 11) is 1.98. The van der Waals surface area contributed by atoms with E-state index in [-0.39, 0.29) is 5.91 Å². The number of nitrogens with two attached hydrogens (primary N) is 1. The molecule has 0 spiro atoms. The van der Waals surface area contributed by atoms with Crippen molar-refractivity contribution in [1.29, 1.82) is 0 Å². The molecule has 1 saturated carbocycles. The zero-order valence-corrected chi connectivity index (χ0v) is 11.2. The first kappa shape index (κ1) is 13.9. The summed E-state index contributed by atoms with van der Waals surface area (Å²) in [5.74, 6) is 0.768. The lowest BCUT2D eigenvalue weighted by molar-refractivity contribution is -0.117. The number of nitrogens with one attached hydrogen (secondary N) is 1. The average Bonchev–Trinajstić information content (AvgIpc) is 2.88. The maximum absolute atomic E-state index is 11.9. The van der Waals surface area contributed by atoms with Gasteiger partial charge in [-0.1, -0.05) is 6.42 Å². The number of carbonyl (C=O) groups excluding carboxylic acids is 1. The molecule has 6 heteroatoms. The van der Waals surface area contributed by atoms with Gasteiger partial charge in [0, 0.05) is 18.4 Å². The smallest absolute Gasteiger partial charge is 0.240 e. The predicted octanol–water partition coefficient (Wildman–Crippen LogP) is 0.474. The van der Waals surface area contributed by atoms with Crippen LogP contribution in [0, 0.1) is 5.92 Å². The van der Waals surface area contributed by atoms with Crippen LogP contribution in [0.4, 0.5) is 5.95 Å². The second kappa shape index (κ2) is 6.58. The standard InChI is InChI=1S/C13H21N5O/c1-18(11-5-2-4-10(11)8-14)9-12(19)17-13-15-6-3-7-16-13/h3,6-7,10-11H,2,4-5,8-9,14H2,1H3,(H,15,16,17,19). The fourth-order valence-corrected chi connectivity index (χ4v) is 2.74. The van der Waals surface area contributed by atoms with Crippen molar-refractivity contribution in [2.75, 3.05) is 25.5 Å². The van der Waals surface area contributed by atoms with Crippen LogP contribution in [0.15, 0.2) is 18.5 Å². The average molecular weight is 263 g/mol.